The molecule has 1 saturated heterocycles. The second-order valence-corrected chi connectivity index (χ2v) is 10.4. The SMILES string of the molecule is Cc1ccc(C)c([C@H](C)NC(=O)C2CCN(S(=O)(=O)Cc3ccccc3C)CC2)c1. The van der Waals surface area contributed by atoms with E-state index in [2.05, 4.69) is 30.4 Å². The molecule has 0 radical (unpaired) electrons. The number of aryl methyl sites for hydroxylation is 3. The van der Waals surface area contributed by atoms with Crippen LogP contribution in [0.1, 0.15) is 53.6 Å². The molecule has 2 aromatic rings. The molecule has 30 heavy (non-hydrogen) atoms. The Morgan fingerprint density at radius 1 is 1.07 bits per heavy atom. The molecule has 1 heterocycles. The van der Waals surface area contributed by atoms with Gasteiger partial charge in [-0.05, 0) is 62.8 Å². The zero-order chi connectivity index (χ0) is 21.9. The Kier molecular flexibility index (Phi) is 6.98. The monoisotopic (exact) mass is 428 g/mol. The van der Waals surface area contributed by atoms with Crippen molar-refractivity contribution in [1.82, 2.24) is 9.62 Å². The van der Waals surface area contributed by atoms with Gasteiger partial charge in [0.15, 0.2) is 0 Å². The molecule has 1 N–H and O–H groups in total. The van der Waals surface area contributed by atoms with Gasteiger partial charge in [-0.15, -0.1) is 0 Å². The van der Waals surface area contributed by atoms with E-state index in [0.717, 1.165) is 22.3 Å². The van der Waals surface area contributed by atoms with Gasteiger partial charge in [-0.25, -0.2) is 12.7 Å². The standard InChI is InChI=1S/C24H32N2O3S/c1-17-9-10-19(3)23(15-17)20(4)25-24(27)21-11-13-26(14-12-21)30(28,29)16-22-8-6-5-7-18(22)2/h5-10,15,20-21H,11-14,16H2,1-4H3,(H,25,27)/t20-/m0/s1. The third-order valence-corrected chi connectivity index (χ3v) is 7.91. The molecule has 1 aliphatic rings. The van der Waals surface area contributed by atoms with E-state index in [1.165, 1.54) is 9.87 Å². The Labute approximate surface area is 180 Å². The summed E-state index contributed by atoms with van der Waals surface area (Å²) in [6, 6.07) is 13.8. The van der Waals surface area contributed by atoms with Gasteiger partial charge in [0.1, 0.15) is 0 Å². The number of benzene rings is 2. The van der Waals surface area contributed by atoms with Gasteiger partial charge in [0.2, 0.25) is 15.9 Å². The molecule has 0 saturated carbocycles. The van der Waals surface area contributed by atoms with E-state index in [0.29, 0.717) is 25.9 Å². The molecular formula is C24H32N2O3S. The first kappa shape index (κ1) is 22.5. The molecule has 0 bridgehead atoms. The molecule has 162 valence electrons. The van der Waals surface area contributed by atoms with Crippen LogP contribution in [0.2, 0.25) is 0 Å². The highest BCUT2D eigenvalue weighted by molar-refractivity contribution is 7.88. The van der Waals surface area contributed by atoms with Crippen LogP contribution in [0.15, 0.2) is 42.5 Å². The normalized spacial score (nSPS) is 16.9. The Morgan fingerprint density at radius 3 is 2.40 bits per heavy atom. The van der Waals surface area contributed by atoms with Crippen molar-refractivity contribution in [3.8, 4) is 0 Å². The average molecular weight is 429 g/mol. The summed E-state index contributed by atoms with van der Waals surface area (Å²) in [5.74, 6) is -0.123. The number of rotatable bonds is 6. The van der Waals surface area contributed by atoms with Crippen molar-refractivity contribution < 1.29 is 13.2 Å². The minimum absolute atomic E-state index is 0.0133. The number of hydrogen-bond acceptors (Lipinski definition) is 3. The van der Waals surface area contributed by atoms with Crippen LogP contribution in [0, 0.1) is 26.7 Å². The summed E-state index contributed by atoms with van der Waals surface area (Å²) >= 11 is 0. The van der Waals surface area contributed by atoms with Gasteiger partial charge in [-0.2, -0.15) is 0 Å². The fraction of sp³-hybridized carbons (Fsp3) is 0.458. The van der Waals surface area contributed by atoms with Crippen molar-refractivity contribution in [3.63, 3.8) is 0 Å². The number of piperidine rings is 1. The van der Waals surface area contributed by atoms with Gasteiger partial charge in [-0.3, -0.25) is 4.79 Å². The maximum absolute atomic E-state index is 12.8. The van der Waals surface area contributed by atoms with E-state index >= 15 is 0 Å². The molecule has 6 heteroatoms. The van der Waals surface area contributed by atoms with Crippen LogP contribution < -0.4 is 5.32 Å². The number of hydrogen-bond donors (Lipinski definition) is 1. The Hall–Kier alpha value is -2.18. The van der Waals surface area contributed by atoms with Gasteiger partial charge in [0.05, 0.1) is 11.8 Å². The van der Waals surface area contributed by atoms with Crippen LogP contribution in [0.3, 0.4) is 0 Å². The number of amides is 1. The summed E-state index contributed by atoms with van der Waals surface area (Å²) in [5, 5.41) is 3.13. The fourth-order valence-corrected chi connectivity index (χ4v) is 5.76. The summed E-state index contributed by atoms with van der Waals surface area (Å²) in [7, 11) is -3.38. The first-order valence-corrected chi connectivity index (χ1v) is 12.2. The van der Waals surface area contributed by atoms with Gasteiger partial charge < -0.3 is 5.32 Å². The molecule has 1 atom stereocenters. The van der Waals surface area contributed by atoms with Gasteiger partial charge in [-0.1, -0.05) is 48.0 Å². The van der Waals surface area contributed by atoms with Crippen LogP contribution >= 0.6 is 0 Å². The molecule has 5 nitrogen and oxygen atoms in total. The number of sulfonamides is 1. The van der Waals surface area contributed by atoms with Crippen LogP contribution in [-0.2, 0) is 20.6 Å². The fourth-order valence-electron chi connectivity index (χ4n) is 4.09. The van der Waals surface area contributed by atoms with Gasteiger partial charge >= 0.3 is 0 Å². The minimum atomic E-state index is -3.38. The van der Waals surface area contributed by atoms with E-state index in [-0.39, 0.29) is 23.6 Å². The quantitative estimate of drug-likeness (QED) is 0.755. The highest BCUT2D eigenvalue weighted by Gasteiger charge is 2.32. The van der Waals surface area contributed by atoms with Crippen molar-refractivity contribution in [2.24, 2.45) is 5.92 Å². The average Bonchev–Trinajstić information content (AvgIpc) is 2.71. The Morgan fingerprint density at radius 2 is 1.73 bits per heavy atom. The van der Waals surface area contributed by atoms with Crippen molar-refractivity contribution in [2.45, 2.75) is 52.3 Å². The first-order valence-electron chi connectivity index (χ1n) is 10.6. The summed E-state index contributed by atoms with van der Waals surface area (Å²) in [6.07, 6.45) is 1.11. The molecule has 0 spiro atoms. The molecule has 1 fully saturated rings. The smallest absolute Gasteiger partial charge is 0.223 e. The van der Waals surface area contributed by atoms with Crippen molar-refractivity contribution >= 4 is 15.9 Å². The van der Waals surface area contributed by atoms with E-state index in [4.69, 9.17) is 0 Å². The number of nitrogens with one attached hydrogen (secondary N) is 1. The number of carbonyl (C=O) groups excluding carboxylic acids is 1. The lowest BCUT2D eigenvalue weighted by molar-refractivity contribution is -0.126. The molecule has 0 aromatic heterocycles. The van der Waals surface area contributed by atoms with Crippen molar-refractivity contribution in [1.29, 1.82) is 0 Å². The lowest BCUT2D eigenvalue weighted by atomic mass is 9.95. The molecule has 0 unspecified atom stereocenters. The lowest BCUT2D eigenvalue weighted by Gasteiger charge is -2.31. The summed E-state index contributed by atoms with van der Waals surface area (Å²) < 4.78 is 27.2. The van der Waals surface area contributed by atoms with E-state index in [1.54, 1.807) is 0 Å². The third kappa shape index (κ3) is 5.29. The van der Waals surface area contributed by atoms with Gasteiger partial charge in [0.25, 0.3) is 0 Å². The maximum atomic E-state index is 12.8. The highest BCUT2D eigenvalue weighted by Crippen LogP contribution is 2.25. The molecule has 0 aliphatic carbocycles. The van der Waals surface area contributed by atoms with Crippen LogP contribution in [0.4, 0.5) is 0 Å². The molecular weight excluding hydrogens is 396 g/mol. The number of carbonyl (C=O) groups is 1. The van der Waals surface area contributed by atoms with Crippen molar-refractivity contribution in [3.05, 3.63) is 70.3 Å². The van der Waals surface area contributed by atoms with E-state index in [9.17, 15) is 13.2 Å². The zero-order valence-corrected chi connectivity index (χ0v) is 19.1. The molecule has 2 aromatic carbocycles. The Balaban J connectivity index is 1.57. The van der Waals surface area contributed by atoms with Crippen LogP contribution in [-0.4, -0.2) is 31.7 Å². The first-order chi connectivity index (χ1) is 14.2. The summed E-state index contributed by atoms with van der Waals surface area (Å²) in [6.45, 7) is 8.81. The molecule has 1 aliphatic heterocycles. The highest BCUT2D eigenvalue weighted by atomic mass is 32.2. The predicted molar refractivity (Wildman–Crippen MR) is 121 cm³/mol. The van der Waals surface area contributed by atoms with Crippen LogP contribution in [0.5, 0.6) is 0 Å². The zero-order valence-electron chi connectivity index (χ0n) is 18.3. The topological polar surface area (TPSA) is 66.5 Å². The molecule has 3 rings (SSSR count). The second kappa shape index (κ2) is 9.31. The third-order valence-electron chi connectivity index (χ3n) is 6.08. The van der Waals surface area contributed by atoms with E-state index in [1.807, 2.05) is 45.0 Å². The molecule has 1 amide bonds. The van der Waals surface area contributed by atoms with Gasteiger partial charge in [0, 0.05) is 19.0 Å². The maximum Gasteiger partial charge on any atom is 0.223 e. The summed E-state index contributed by atoms with van der Waals surface area (Å²) in [5.41, 5.74) is 5.27. The largest absolute Gasteiger partial charge is 0.349 e. The number of nitrogens with zero attached hydrogens (tertiary/aromatic N) is 1. The second-order valence-electron chi connectivity index (χ2n) is 8.45. The van der Waals surface area contributed by atoms with Crippen molar-refractivity contribution in [2.75, 3.05) is 13.1 Å². The predicted octanol–water partition coefficient (Wildman–Crippen LogP) is 4.03. The minimum Gasteiger partial charge on any atom is -0.349 e. The van der Waals surface area contributed by atoms with Crippen LogP contribution in [0.25, 0.3) is 0 Å². The van der Waals surface area contributed by atoms with E-state index < -0.39 is 10.0 Å². The Bertz CT molecular complexity index is 1010. The summed E-state index contributed by atoms with van der Waals surface area (Å²) in [4.78, 5) is 12.8. The lowest BCUT2D eigenvalue weighted by Crippen LogP contribution is -2.43.